The van der Waals surface area contributed by atoms with Crippen molar-refractivity contribution in [1.29, 1.82) is 5.26 Å². The summed E-state index contributed by atoms with van der Waals surface area (Å²) in [6, 6.07) is 5.68. The molecule has 5 nitrogen and oxygen atoms in total. The number of rotatable bonds is 3. The first-order chi connectivity index (χ1) is 8.15. The van der Waals surface area contributed by atoms with Crippen LogP contribution in [0.15, 0.2) is 23.2 Å². The highest BCUT2D eigenvalue weighted by atomic mass is 32.2. The van der Waals surface area contributed by atoms with E-state index in [1.54, 1.807) is 0 Å². The summed E-state index contributed by atoms with van der Waals surface area (Å²) in [6.45, 7) is 0.767. The lowest BCUT2D eigenvalue weighted by Crippen LogP contribution is -2.13. The molecule has 0 aliphatic carbocycles. The molecule has 0 amide bonds. The van der Waals surface area contributed by atoms with E-state index in [1.165, 1.54) is 11.8 Å². The van der Waals surface area contributed by atoms with Crippen LogP contribution in [0.25, 0.3) is 0 Å². The summed E-state index contributed by atoms with van der Waals surface area (Å²) >= 11 is 1.38. The van der Waals surface area contributed by atoms with Crippen LogP contribution >= 0.6 is 11.8 Å². The summed E-state index contributed by atoms with van der Waals surface area (Å²) in [5.41, 5.74) is 0.952. The lowest BCUT2D eigenvalue weighted by molar-refractivity contribution is 0.397. The van der Waals surface area contributed by atoms with Gasteiger partial charge in [0.15, 0.2) is 17.2 Å². The van der Waals surface area contributed by atoms with Gasteiger partial charge in [-0.1, -0.05) is 17.8 Å². The number of aliphatic imine (C=N–C) groups is 1. The van der Waals surface area contributed by atoms with Gasteiger partial charge in [-0.2, -0.15) is 5.26 Å². The summed E-state index contributed by atoms with van der Waals surface area (Å²) in [5.74, 6) is 0.608. The number of nitriles is 1. The number of thioether (sulfide) groups is 1. The smallest absolute Gasteiger partial charge is 0.183 e. The number of amidine groups is 1. The maximum absolute atomic E-state index is 8.54. The van der Waals surface area contributed by atoms with Crippen molar-refractivity contribution in [1.82, 2.24) is 15.2 Å². The minimum absolute atomic E-state index is 0.544. The summed E-state index contributed by atoms with van der Waals surface area (Å²) in [6.07, 6.45) is 3.70. The van der Waals surface area contributed by atoms with Gasteiger partial charge in [-0.05, 0) is 32.5 Å². The second-order valence-electron chi connectivity index (χ2n) is 3.58. The van der Waals surface area contributed by atoms with Crippen LogP contribution in [0.2, 0.25) is 0 Å². The van der Waals surface area contributed by atoms with Crippen molar-refractivity contribution in [3.63, 3.8) is 0 Å². The van der Waals surface area contributed by atoms with Gasteiger partial charge in [0.25, 0.3) is 0 Å². The minimum atomic E-state index is 0.544. The van der Waals surface area contributed by atoms with Crippen LogP contribution < -0.4 is 5.32 Å². The maximum atomic E-state index is 8.54. The molecule has 1 aromatic rings. The maximum Gasteiger partial charge on any atom is 0.183 e. The van der Waals surface area contributed by atoms with Crippen molar-refractivity contribution in [3.8, 4) is 6.19 Å². The first kappa shape index (κ1) is 13.5. The molecule has 0 radical (unpaired) electrons. The van der Waals surface area contributed by atoms with E-state index >= 15 is 0 Å². The first-order valence-corrected chi connectivity index (χ1v) is 6.26. The molecule has 0 bridgehead atoms. The zero-order chi connectivity index (χ0) is 12.7. The fourth-order valence-corrected chi connectivity index (χ4v) is 1.55. The Morgan fingerprint density at radius 3 is 2.94 bits per heavy atom. The van der Waals surface area contributed by atoms with Crippen LogP contribution in [0.4, 0.5) is 5.82 Å². The Bertz CT molecular complexity index is 436. The molecule has 1 aromatic heterocycles. The lowest BCUT2D eigenvalue weighted by Gasteiger charge is -2.08. The second-order valence-corrected chi connectivity index (χ2v) is 4.38. The molecule has 0 aromatic carbocycles. The van der Waals surface area contributed by atoms with Gasteiger partial charge < -0.3 is 4.90 Å². The average molecular weight is 249 g/mol. The Morgan fingerprint density at radius 2 is 2.35 bits per heavy atom. The Kier molecular flexibility index (Phi) is 5.46. The van der Waals surface area contributed by atoms with Crippen molar-refractivity contribution < 1.29 is 0 Å². The van der Waals surface area contributed by atoms with E-state index in [0.717, 1.165) is 12.2 Å². The fraction of sp³-hybridized carbons (Fsp3) is 0.364. The van der Waals surface area contributed by atoms with Gasteiger partial charge in [0, 0.05) is 6.54 Å². The van der Waals surface area contributed by atoms with Gasteiger partial charge in [0.1, 0.15) is 0 Å². The van der Waals surface area contributed by atoms with Gasteiger partial charge in [-0.15, -0.1) is 0 Å². The topological polar surface area (TPSA) is 64.3 Å². The van der Waals surface area contributed by atoms with Gasteiger partial charge in [-0.3, -0.25) is 5.32 Å². The van der Waals surface area contributed by atoms with Gasteiger partial charge in [0.2, 0.25) is 0 Å². The standard InChI is InChI=1S/C11H15N5S/c1-16(2)7-9-5-4-6-10(14-9)15-11(17-3)13-8-12/h4-6H,7H2,1-3H3,(H,13,14,15). The predicted octanol–water partition coefficient (Wildman–Crippen LogP) is 1.56. The van der Waals surface area contributed by atoms with Crippen LogP contribution in [-0.2, 0) is 6.54 Å². The largest absolute Gasteiger partial charge is 0.304 e. The molecule has 6 heteroatoms. The molecule has 0 fully saturated rings. The number of nitrogens with zero attached hydrogens (tertiary/aromatic N) is 4. The number of hydrogen-bond donors (Lipinski definition) is 1. The number of hydrogen-bond acceptors (Lipinski definition) is 5. The summed E-state index contributed by atoms with van der Waals surface area (Å²) in [5, 5.41) is 11.6. The van der Waals surface area contributed by atoms with Crippen LogP contribution in [0.1, 0.15) is 5.69 Å². The highest BCUT2D eigenvalue weighted by molar-refractivity contribution is 8.13. The molecule has 1 heterocycles. The van der Waals surface area contributed by atoms with E-state index in [0.29, 0.717) is 11.0 Å². The van der Waals surface area contributed by atoms with E-state index in [9.17, 15) is 0 Å². The molecule has 0 aliphatic rings. The highest BCUT2D eigenvalue weighted by Gasteiger charge is 2.00. The Labute approximate surface area is 106 Å². The first-order valence-electron chi connectivity index (χ1n) is 5.04. The van der Waals surface area contributed by atoms with Crippen LogP contribution in [-0.4, -0.2) is 35.4 Å². The SMILES string of the molecule is CSC(=Nc1cccc(CN(C)C)n1)NC#N. The molecule has 0 unspecified atom stereocenters. The number of nitrogens with one attached hydrogen (secondary N) is 1. The van der Waals surface area contributed by atoms with Crippen molar-refractivity contribution >= 4 is 22.7 Å². The van der Waals surface area contributed by atoms with Crippen molar-refractivity contribution in [2.24, 2.45) is 4.99 Å². The van der Waals surface area contributed by atoms with Gasteiger partial charge >= 0.3 is 0 Å². The van der Waals surface area contributed by atoms with Crippen LogP contribution in [0.5, 0.6) is 0 Å². The molecule has 0 saturated heterocycles. The summed E-state index contributed by atoms with van der Waals surface area (Å²) in [4.78, 5) is 10.7. The molecule has 0 atom stereocenters. The van der Waals surface area contributed by atoms with Crippen molar-refractivity contribution in [2.75, 3.05) is 20.4 Å². The van der Waals surface area contributed by atoms with Gasteiger partial charge in [0.05, 0.1) is 5.69 Å². The monoisotopic (exact) mass is 249 g/mol. The Morgan fingerprint density at radius 1 is 1.59 bits per heavy atom. The zero-order valence-electron chi connectivity index (χ0n) is 10.1. The second kappa shape index (κ2) is 6.89. The minimum Gasteiger partial charge on any atom is -0.304 e. The zero-order valence-corrected chi connectivity index (χ0v) is 11.0. The van der Waals surface area contributed by atoms with Crippen molar-refractivity contribution in [2.45, 2.75) is 6.54 Å². The Balaban J connectivity index is 2.88. The van der Waals surface area contributed by atoms with E-state index in [1.807, 2.05) is 49.6 Å². The predicted molar refractivity (Wildman–Crippen MR) is 71.0 cm³/mol. The fourth-order valence-electron chi connectivity index (χ4n) is 1.22. The highest BCUT2D eigenvalue weighted by Crippen LogP contribution is 2.11. The average Bonchev–Trinajstić information content (AvgIpc) is 2.28. The van der Waals surface area contributed by atoms with E-state index in [2.05, 4.69) is 15.3 Å². The third-order valence-corrected chi connectivity index (χ3v) is 2.42. The number of pyridine rings is 1. The molecule has 1 rings (SSSR count). The van der Waals surface area contributed by atoms with E-state index in [-0.39, 0.29) is 0 Å². The third-order valence-electron chi connectivity index (χ3n) is 1.84. The molecule has 0 saturated carbocycles. The quantitative estimate of drug-likeness (QED) is 0.381. The van der Waals surface area contributed by atoms with Crippen LogP contribution in [0, 0.1) is 11.5 Å². The van der Waals surface area contributed by atoms with Crippen molar-refractivity contribution in [3.05, 3.63) is 23.9 Å². The third kappa shape index (κ3) is 4.85. The Hall–Kier alpha value is -1.58. The normalized spacial score (nSPS) is 11.4. The molecular formula is C11H15N5S. The molecule has 90 valence electrons. The summed E-state index contributed by atoms with van der Waals surface area (Å²) in [7, 11) is 3.98. The van der Waals surface area contributed by atoms with E-state index < -0.39 is 0 Å². The molecule has 0 spiro atoms. The molecule has 1 N–H and O–H groups in total. The molecule has 17 heavy (non-hydrogen) atoms. The lowest BCUT2D eigenvalue weighted by atomic mass is 10.3. The van der Waals surface area contributed by atoms with E-state index in [4.69, 9.17) is 5.26 Å². The molecule has 0 aliphatic heterocycles. The number of aromatic nitrogens is 1. The van der Waals surface area contributed by atoms with Gasteiger partial charge in [-0.25, -0.2) is 9.98 Å². The summed E-state index contributed by atoms with van der Waals surface area (Å²) < 4.78 is 0. The molecular weight excluding hydrogens is 234 g/mol. The van der Waals surface area contributed by atoms with Crippen LogP contribution in [0.3, 0.4) is 0 Å².